The average Bonchev–Trinajstić information content (AvgIpc) is 2.85. The summed E-state index contributed by atoms with van der Waals surface area (Å²) in [6.07, 6.45) is 4.19. The van der Waals surface area contributed by atoms with Gasteiger partial charge in [-0.05, 0) is 36.5 Å². The summed E-state index contributed by atoms with van der Waals surface area (Å²) < 4.78 is 0. The molecule has 76 valence electrons. The van der Waals surface area contributed by atoms with Gasteiger partial charge in [-0.25, -0.2) is 0 Å². The first kappa shape index (κ1) is 11.0. The number of hydrogen-bond acceptors (Lipinski definition) is 2. The van der Waals surface area contributed by atoms with Crippen LogP contribution in [0.5, 0.6) is 0 Å². The Bertz CT molecular complexity index is 337. The van der Waals surface area contributed by atoms with Gasteiger partial charge in [0, 0.05) is 6.20 Å². The number of halogens is 1. The second kappa shape index (κ2) is 4.42. The lowest BCUT2D eigenvalue weighted by atomic mass is 10.1. The first-order valence-electron chi connectivity index (χ1n) is 4.42. The molecule has 1 heterocycles. The third kappa shape index (κ3) is 2.70. The maximum absolute atomic E-state index is 10.4. The fourth-order valence-electron chi connectivity index (χ4n) is 1.42. The highest BCUT2D eigenvalue weighted by molar-refractivity contribution is 5.85. The highest BCUT2D eigenvalue weighted by Gasteiger charge is 2.23. The molecule has 1 saturated carbocycles. The van der Waals surface area contributed by atoms with Crippen molar-refractivity contribution in [1.82, 2.24) is 4.98 Å². The van der Waals surface area contributed by atoms with E-state index in [-0.39, 0.29) is 18.8 Å². The Labute approximate surface area is 88.6 Å². The molecule has 1 aliphatic rings. The molecule has 1 N–H and O–H groups in total. The van der Waals surface area contributed by atoms with E-state index >= 15 is 0 Å². The van der Waals surface area contributed by atoms with Gasteiger partial charge in [-0.15, -0.1) is 12.4 Å². The van der Waals surface area contributed by atoms with Crippen molar-refractivity contribution >= 4 is 18.4 Å². The van der Waals surface area contributed by atoms with Crippen LogP contribution in [0.3, 0.4) is 0 Å². The van der Waals surface area contributed by atoms with E-state index in [1.54, 1.807) is 6.20 Å². The minimum Gasteiger partial charge on any atom is -0.481 e. The molecule has 0 amide bonds. The van der Waals surface area contributed by atoms with Gasteiger partial charge in [-0.3, -0.25) is 9.78 Å². The van der Waals surface area contributed by atoms with E-state index < -0.39 is 5.97 Å². The molecule has 14 heavy (non-hydrogen) atoms. The third-order valence-corrected chi connectivity index (χ3v) is 2.22. The van der Waals surface area contributed by atoms with Gasteiger partial charge in [0.2, 0.25) is 0 Å². The van der Waals surface area contributed by atoms with Crippen LogP contribution in [-0.2, 0) is 11.2 Å². The van der Waals surface area contributed by atoms with Gasteiger partial charge >= 0.3 is 5.97 Å². The molecule has 2 rings (SSSR count). The Morgan fingerprint density at radius 3 is 2.86 bits per heavy atom. The van der Waals surface area contributed by atoms with Gasteiger partial charge in [0.15, 0.2) is 0 Å². The SMILES string of the molecule is Cl.O=C(O)Cc1cc(C2CC2)ccn1. The van der Waals surface area contributed by atoms with Crippen molar-refractivity contribution in [3.05, 3.63) is 29.6 Å². The van der Waals surface area contributed by atoms with Gasteiger partial charge in [-0.2, -0.15) is 0 Å². The molecule has 0 aliphatic heterocycles. The number of pyridine rings is 1. The summed E-state index contributed by atoms with van der Waals surface area (Å²) in [5.41, 5.74) is 1.91. The van der Waals surface area contributed by atoms with Gasteiger partial charge in [0.1, 0.15) is 0 Å². The molecule has 0 radical (unpaired) electrons. The normalized spacial score (nSPS) is 14.6. The van der Waals surface area contributed by atoms with Crippen molar-refractivity contribution in [2.45, 2.75) is 25.2 Å². The Morgan fingerprint density at radius 1 is 1.57 bits per heavy atom. The number of rotatable bonds is 3. The summed E-state index contributed by atoms with van der Waals surface area (Å²) in [6.45, 7) is 0. The Hall–Kier alpha value is -1.09. The van der Waals surface area contributed by atoms with Crippen LogP contribution in [0.2, 0.25) is 0 Å². The molecule has 0 bridgehead atoms. The molecular weight excluding hydrogens is 202 g/mol. The highest BCUT2D eigenvalue weighted by Crippen LogP contribution is 2.39. The van der Waals surface area contributed by atoms with Crippen molar-refractivity contribution in [1.29, 1.82) is 0 Å². The van der Waals surface area contributed by atoms with Crippen LogP contribution in [0.15, 0.2) is 18.3 Å². The molecule has 1 aromatic rings. The van der Waals surface area contributed by atoms with Crippen molar-refractivity contribution in [3.8, 4) is 0 Å². The smallest absolute Gasteiger partial charge is 0.309 e. The fraction of sp³-hybridized carbons (Fsp3) is 0.400. The minimum absolute atomic E-state index is 0. The molecule has 1 aliphatic carbocycles. The van der Waals surface area contributed by atoms with E-state index in [0.29, 0.717) is 11.6 Å². The van der Waals surface area contributed by atoms with Crippen LogP contribution < -0.4 is 0 Å². The van der Waals surface area contributed by atoms with E-state index in [1.165, 1.54) is 18.4 Å². The lowest BCUT2D eigenvalue weighted by Gasteiger charge is -1.99. The van der Waals surface area contributed by atoms with Gasteiger partial charge in [0.25, 0.3) is 0 Å². The van der Waals surface area contributed by atoms with E-state index in [0.717, 1.165) is 0 Å². The van der Waals surface area contributed by atoms with E-state index in [9.17, 15) is 4.79 Å². The summed E-state index contributed by atoms with van der Waals surface area (Å²) in [5, 5.41) is 8.57. The van der Waals surface area contributed by atoms with Crippen LogP contribution in [0.25, 0.3) is 0 Å². The number of aromatic nitrogens is 1. The van der Waals surface area contributed by atoms with Crippen LogP contribution in [-0.4, -0.2) is 16.1 Å². The predicted octanol–water partition coefficient (Wildman–Crippen LogP) is 2.01. The first-order valence-corrected chi connectivity index (χ1v) is 4.42. The predicted molar refractivity (Wildman–Crippen MR) is 54.8 cm³/mol. The average molecular weight is 214 g/mol. The number of aliphatic carboxylic acids is 1. The second-order valence-electron chi connectivity index (χ2n) is 3.43. The molecule has 0 saturated heterocycles. The van der Waals surface area contributed by atoms with Crippen molar-refractivity contribution in [3.63, 3.8) is 0 Å². The monoisotopic (exact) mass is 213 g/mol. The van der Waals surface area contributed by atoms with Gasteiger partial charge < -0.3 is 5.11 Å². The zero-order chi connectivity index (χ0) is 9.26. The number of nitrogens with zero attached hydrogens (tertiary/aromatic N) is 1. The van der Waals surface area contributed by atoms with Gasteiger partial charge in [0.05, 0.1) is 12.1 Å². The summed E-state index contributed by atoms with van der Waals surface area (Å²) in [6, 6.07) is 3.88. The lowest BCUT2D eigenvalue weighted by Crippen LogP contribution is -2.02. The van der Waals surface area contributed by atoms with E-state index in [4.69, 9.17) is 5.11 Å². The molecule has 0 atom stereocenters. The Balaban J connectivity index is 0.000000980. The van der Waals surface area contributed by atoms with E-state index in [1.807, 2.05) is 12.1 Å². The number of hydrogen-bond donors (Lipinski definition) is 1. The molecule has 1 aromatic heterocycles. The fourth-order valence-corrected chi connectivity index (χ4v) is 1.42. The summed E-state index contributed by atoms with van der Waals surface area (Å²) in [7, 11) is 0. The Kier molecular flexibility index (Phi) is 3.47. The quantitative estimate of drug-likeness (QED) is 0.836. The zero-order valence-electron chi connectivity index (χ0n) is 7.64. The summed E-state index contributed by atoms with van der Waals surface area (Å²) in [4.78, 5) is 14.4. The topological polar surface area (TPSA) is 50.2 Å². The lowest BCUT2D eigenvalue weighted by molar-refractivity contribution is -0.136. The minimum atomic E-state index is -0.819. The molecule has 4 heteroatoms. The molecular formula is C10H12ClNO2. The van der Waals surface area contributed by atoms with Gasteiger partial charge in [-0.1, -0.05) is 0 Å². The largest absolute Gasteiger partial charge is 0.481 e. The van der Waals surface area contributed by atoms with Crippen LogP contribution in [0, 0.1) is 0 Å². The van der Waals surface area contributed by atoms with Crippen LogP contribution >= 0.6 is 12.4 Å². The molecule has 0 aromatic carbocycles. The molecule has 0 spiro atoms. The van der Waals surface area contributed by atoms with E-state index in [2.05, 4.69) is 4.98 Å². The highest BCUT2D eigenvalue weighted by atomic mass is 35.5. The summed E-state index contributed by atoms with van der Waals surface area (Å²) >= 11 is 0. The van der Waals surface area contributed by atoms with Crippen molar-refractivity contribution in [2.75, 3.05) is 0 Å². The molecule has 0 unspecified atom stereocenters. The molecule has 3 nitrogen and oxygen atoms in total. The summed E-state index contributed by atoms with van der Waals surface area (Å²) in [5.74, 6) is -0.156. The number of carboxylic acids is 1. The first-order chi connectivity index (χ1) is 6.25. The second-order valence-corrected chi connectivity index (χ2v) is 3.43. The number of carboxylic acid groups (broad SMARTS) is 1. The number of carbonyl (C=O) groups is 1. The Morgan fingerprint density at radius 2 is 2.29 bits per heavy atom. The van der Waals surface area contributed by atoms with Crippen molar-refractivity contribution in [2.24, 2.45) is 0 Å². The maximum atomic E-state index is 10.4. The van der Waals surface area contributed by atoms with Crippen LogP contribution in [0.1, 0.15) is 30.0 Å². The zero-order valence-corrected chi connectivity index (χ0v) is 8.46. The standard InChI is InChI=1S/C10H11NO2.ClH/c12-10(13)6-9-5-8(3-4-11-9)7-1-2-7;/h3-5,7H,1-2,6H2,(H,12,13);1H. The van der Waals surface area contributed by atoms with Crippen LogP contribution in [0.4, 0.5) is 0 Å². The molecule has 1 fully saturated rings. The third-order valence-electron chi connectivity index (χ3n) is 2.22. The maximum Gasteiger partial charge on any atom is 0.309 e. The van der Waals surface area contributed by atoms with Crippen molar-refractivity contribution < 1.29 is 9.90 Å².